The third-order valence-corrected chi connectivity index (χ3v) is 4.99. The van der Waals surface area contributed by atoms with Gasteiger partial charge < -0.3 is 5.11 Å². The van der Waals surface area contributed by atoms with Crippen molar-refractivity contribution in [3.8, 4) is 0 Å². The average Bonchev–Trinajstić information content (AvgIpc) is 2.64. The van der Waals surface area contributed by atoms with Crippen molar-refractivity contribution in [1.29, 1.82) is 0 Å². The Morgan fingerprint density at radius 1 is 1.15 bits per heavy atom. The van der Waals surface area contributed by atoms with Crippen molar-refractivity contribution >= 4 is 27.4 Å². The molecule has 0 saturated carbocycles. The number of aromatic carboxylic acids is 1. The molecule has 4 heteroatoms. The minimum atomic E-state index is -0.854. The van der Waals surface area contributed by atoms with E-state index >= 15 is 0 Å². The van der Waals surface area contributed by atoms with Crippen molar-refractivity contribution in [1.82, 2.24) is 4.90 Å². The monoisotopic (exact) mass is 289 g/mol. The zero-order valence-electron chi connectivity index (χ0n) is 11.5. The van der Waals surface area contributed by atoms with Crippen LogP contribution in [0.15, 0.2) is 24.3 Å². The van der Waals surface area contributed by atoms with Gasteiger partial charge in [-0.2, -0.15) is 0 Å². The minimum absolute atomic E-state index is 0.372. The van der Waals surface area contributed by atoms with Gasteiger partial charge in [-0.05, 0) is 55.6 Å². The molecule has 1 fully saturated rings. The van der Waals surface area contributed by atoms with E-state index in [1.807, 2.05) is 6.07 Å². The summed E-state index contributed by atoms with van der Waals surface area (Å²) in [6.07, 6.45) is 5.30. The minimum Gasteiger partial charge on any atom is -0.478 e. The summed E-state index contributed by atoms with van der Waals surface area (Å²) in [6, 6.07) is 7.55. The van der Waals surface area contributed by atoms with Gasteiger partial charge in [-0.1, -0.05) is 12.8 Å². The molecule has 1 saturated heterocycles. The Labute approximate surface area is 122 Å². The average molecular weight is 289 g/mol. The van der Waals surface area contributed by atoms with Crippen LogP contribution in [-0.2, 0) is 6.54 Å². The van der Waals surface area contributed by atoms with Gasteiger partial charge in [0.25, 0.3) is 0 Å². The van der Waals surface area contributed by atoms with Crippen LogP contribution in [0.1, 0.15) is 40.9 Å². The lowest BCUT2D eigenvalue weighted by Crippen LogP contribution is -2.23. The number of benzene rings is 1. The van der Waals surface area contributed by atoms with Gasteiger partial charge in [-0.25, -0.2) is 4.79 Å². The molecule has 2 aromatic rings. The third-order valence-electron chi connectivity index (χ3n) is 3.89. The second-order valence-electron chi connectivity index (χ2n) is 5.46. The molecule has 0 radical (unpaired) electrons. The number of hydrogen-bond acceptors (Lipinski definition) is 3. The van der Waals surface area contributed by atoms with Crippen LogP contribution in [0.25, 0.3) is 10.1 Å². The van der Waals surface area contributed by atoms with E-state index < -0.39 is 5.97 Å². The molecule has 3 nitrogen and oxygen atoms in total. The normalized spacial score (nSPS) is 17.2. The van der Waals surface area contributed by atoms with Crippen LogP contribution >= 0.6 is 11.3 Å². The number of fused-ring (bicyclic) bond motifs is 1. The van der Waals surface area contributed by atoms with Crippen molar-refractivity contribution in [2.24, 2.45) is 0 Å². The quantitative estimate of drug-likeness (QED) is 0.929. The lowest BCUT2D eigenvalue weighted by atomic mass is 10.1. The van der Waals surface area contributed by atoms with Gasteiger partial charge in [0, 0.05) is 16.1 Å². The molecule has 3 rings (SSSR count). The van der Waals surface area contributed by atoms with Crippen molar-refractivity contribution < 1.29 is 9.90 Å². The summed E-state index contributed by atoms with van der Waals surface area (Å²) in [5.41, 5.74) is 0.372. The van der Waals surface area contributed by atoms with E-state index in [-0.39, 0.29) is 0 Å². The molecule has 1 aliphatic rings. The number of thiophene rings is 1. The van der Waals surface area contributed by atoms with Gasteiger partial charge >= 0.3 is 5.97 Å². The summed E-state index contributed by atoms with van der Waals surface area (Å²) in [5, 5.41) is 10.1. The maximum absolute atomic E-state index is 11.0. The van der Waals surface area contributed by atoms with Gasteiger partial charge in [-0.3, -0.25) is 4.90 Å². The highest BCUT2D eigenvalue weighted by atomic mass is 32.1. The van der Waals surface area contributed by atoms with E-state index in [1.54, 1.807) is 23.5 Å². The number of rotatable bonds is 3. The predicted molar refractivity (Wildman–Crippen MR) is 82.5 cm³/mol. The lowest BCUT2D eigenvalue weighted by molar-refractivity contribution is 0.0697. The first-order valence-electron chi connectivity index (χ1n) is 7.20. The SMILES string of the molecule is O=C(O)c1ccc2sc(CN3CCCCCC3)cc2c1. The van der Waals surface area contributed by atoms with E-state index in [2.05, 4.69) is 11.0 Å². The molecule has 106 valence electrons. The maximum Gasteiger partial charge on any atom is 0.335 e. The van der Waals surface area contributed by atoms with E-state index in [0.29, 0.717) is 5.56 Å². The number of nitrogens with zero attached hydrogens (tertiary/aromatic N) is 1. The number of carbonyl (C=O) groups is 1. The van der Waals surface area contributed by atoms with E-state index in [9.17, 15) is 4.79 Å². The molecular weight excluding hydrogens is 270 g/mol. The van der Waals surface area contributed by atoms with Gasteiger partial charge in [0.05, 0.1) is 5.56 Å². The lowest BCUT2D eigenvalue weighted by Gasteiger charge is -2.18. The molecule has 0 atom stereocenters. The van der Waals surface area contributed by atoms with Crippen molar-refractivity contribution in [3.05, 3.63) is 34.7 Å². The summed E-state index contributed by atoms with van der Waals surface area (Å²) >= 11 is 1.78. The smallest absolute Gasteiger partial charge is 0.335 e. The van der Waals surface area contributed by atoms with Gasteiger partial charge in [-0.15, -0.1) is 11.3 Å². The van der Waals surface area contributed by atoms with Crippen molar-refractivity contribution in [2.75, 3.05) is 13.1 Å². The Bertz CT molecular complexity index is 612. The first-order valence-corrected chi connectivity index (χ1v) is 8.02. The fourth-order valence-corrected chi connectivity index (χ4v) is 3.91. The summed E-state index contributed by atoms with van der Waals surface area (Å²) in [7, 11) is 0. The first kappa shape index (κ1) is 13.6. The van der Waals surface area contributed by atoms with Gasteiger partial charge in [0.1, 0.15) is 0 Å². The second-order valence-corrected chi connectivity index (χ2v) is 6.63. The molecule has 0 aliphatic carbocycles. The molecule has 0 bridgehead atoms. The van der Waals surface area contributed by atoms with Crippen LogP contribution in [0.5, 0.6) is 0 Å². The molecule has 0 amide bonds. The molecule has 0 spiro atoms. The largest absolute Gasteiger partial charge is 0.478 e. The Morgan fingerprint density at radius 3 is 2.60 bits per heavy atom. The van der Waals surface area contributed by atoms with Crippen molar-refractivity contribution in [3.63, 3.8) is 0 Å². The van der Waals surface area contributed by atoms with Crippen LogP contribution in [0.4, 0.5) is 0 Å². The summed E-state index contributed by atoms with van der Waals surface area (Å²) in [6.45, 7) is 3.38. The fourth-order valence-electron chi connectivity index (χ4n) is 2.82. The topological polar surface area (TPSA) is 40.5 Å². The second kappa shape index (κ2) is 5.94. The summed E-state index contributed by atoms with van der Waals surface area (Å²) < 4.78 is 1.18. The Morgan fingerprint density at radius 2 is 1.90 bits per heavy atom. The zero-order valence-corrected chi connectivity index (χ0v) is 12.3. The van der Waals surface area contributed by atoms with Crippen LogP contribution < -0.4 is 0 Å². The van der Waals surface area contributed by atoms with E-state index in [0.717, 1.165) is 11.9 Å². The number of carboxylic acid groups (broad SMARTS) is 1. The highest BCUT2D eigenvalue weighted by Crippen LogP contribution is 2.28. The van der Waals surface area contributed by atoms with E-state index in [1.165, 1.54) is 48.3 Å². The fraction of sp³-hybridized carbons (Fsp3) is 0.438. The molecule has 20 heavy (non-hydrogen) atoms. The Kier molecular flexibility index (Phi) is 4.03. The van der Waals surface area contributed by atoms with Crippen LogP contribution in [0, 0.1) is 0 Å². The van der Waals surface area contributed by atoms with Gasteiger partial charge in [0.15, 0.2) is 0 Å². The standard InChI is InChI=1S/C16H19NO2S/c18-16(19)12-5-6-15-13(9-12)10-14(20-15)11-17-7-3-1-2-4-8-17/h5-6,9-10H,1-4,7-8,11H2,(H,18,19). The molecular formula is C16H19NO2S. The van der Waals surface area contributed by atoms with E-state index in [4.69, 9.17) is 5.11 Å². The van der Waals surface area contributed by atoms with Crippen molar-refractivity contribution in [2.45, 2.75) is 32.2 Å². The molecule has 1 aromatic heterocycles. The highest BCUT2D eigenvalue weighted by Gasteiger charge is 2.12. The number of carboxylic acids is 1. The Hall–Kier alpha value is -1.39. The summed E-state index contributed by atoms with van der Waals surface area (Å²) in [4.78, 5) is 14.9. The summed E-state index contributed by atoms with van der Waals surface area (Å²) in [5.74, 6) is -0.854. The molecule has 1 aromatic carbocycles. The predicted octanol–water partition coefficient (Wildman–Crippen LogP) is 3.98. The third kappa shape index (κ3) is 3.02. The van der Waals surface area contributed by atoms with Crippen LogP contribution in [0.2, 0.25) is 0 Å². The molecule has 2 heterocycles. The first-order chi connectivity index (χ1) is 9.72. The highest BCUT2D eigenvalue weighted by molar-refractivity contribution is 7.19. The molecule has 0 unspecified atom stereocenters. The van der Waals surface area contributed by atoms with Gasteiger partial charge in [0.2, 0.25) is 0 Å². The Balaban J connectivity index is 1.79. The maximum atomic E-state index is 11.0. The number of likely N-dealkylation sites (tertiary alicyclic amines) is 1. The molecule has 1 aliphatic heterocycles. The zero-order chi connectivity index (χ0) is 13.9. The van der Waals surface area contributed by atoms with Crippen LogP contribution in [-0.4, -0.2) is 29.1 Å². The molecule has 1 N–H and O–H groups in total. The van der Waals surface area contributed by atoms with Crippen LogP contribution in [0.3, 0.4) is 0 Å². The number of hydrogen-bond donors (Lipinski definition) is 1.